The van der Waals surface area contributed by atoms with Crippen LogP contribution in [0.4, 0.5) is 5.69 Å². The average molecular weight is 538 g/mol. The van der Waals surface area contributed by atoms with Crippen LogP contribution in [-0.2, 0) is 11.4 Å². The molecule has 1 N–H and O–H groups in total. The number of benzene rings is 3. The van der Waals surface area contributed by atoms with Gasteiger partial charge in [-0.3, -0.25) is 4.79 Å². The van der Waals surface area contributed by atoms with Gasteiger partial charge in [-0.2, -0.15) is 5.26 Å². The van der Waals surface area contributed by atoms with Gasteiger partial charge in [-0.15, -0.1) is 0 Å². The molecule has 162 valence electrons. The lowest BCUT2D eigenvalue weighted by molar-refractivity contribution is -0.112. The van der Waals surface area contributed by atoms with Crippen molar-refractivity contribution in [3.05, 3.63) is 92.6 Å². The molecule has 3 aromatic rings. The van der Waals surface area contributed by atoms with Crippen molar-refractivity contribution in [3.8, 4) is 17.6 Å². The number of anilines is 1. The lowest BCUT2D eigenvalue weighted by Crippen LogP contribution is -2.13. The maximum atomic E-state index is 12.6. The van der Waals surface area contributed by atoms with Crippen molar-refractivity contribution in [1.29, 1.82) is 5.26 Å². The van der Waals surface area contributed by atoms with Crippen molar-refractivity contribution >= 4 is 40.3 Å². The van der Waals surface area contributed by atoms with Crippen LogP contribution >= 0.6 is 22.6 Å². The van der Waals surface area contributed by atoms with Gasteiger partial charge in [0.15, 0.2) is 11.5 Å². The van der Waals surface area contributed by atoms with E-state index in [1.807, 2.05) is 62.4 Å². The van der Waals surface area contributed by atoms with Gasteiger partial charge in [-0.25, -0.2) is 0 Å². The Bertz CT molecular complexity index is 1160. The van der Waals surface area contributed by atoms with Crippen molar-refractivity contribution in [1.82, 2.24) is 0 Å². The second kappa shape index (κ2) is 11.3. The third kappa shape index (κ3) is 6.59. The summed E-state index contributed by atoms with van der Waals surface area (Å²) in [6, 6.07) is 22.8. The van der Waals surface area contributed by atoms with E-state index >= 15 is 0 Å². The standard InChI is InChI=1S/C26H23IN2O3/c1-3-31-25-15-20(9-12-24(25)32-17-19-7-10-22(27)11-8-19)14-21(16-28)26(30)29-23-6-4-5-18(2)13-23/h4-15H,3,17H2,1-2H3,(H,29,30)/b21-14-. The second-order valence-electron chi connectivity index (χ2n) is 7.05. The van der Waals surface area contributed by atoms with Gasteiger partial charge in [0.2, 0.25) is 0 Å². The van der Waals surface area contributed by atoms with Crippen LogP contribution in [0.5, 0.6) is 11.5 Å². The predicted molar refractivity (Wildman–Crippen MR) is 135 cm³/mol. The second-order valence-corrected chi connectivity index (χ2v) is 8.29. The summed E-state index contributed by atoms with van der Waals surface area (Å²) in [5.41, 5.74) is 3.39. The molecule has 1 amide bonds. The van der Waals surface area contributed by atoms with Gasteiger partial charge in [0.25, 0.3) is 5.91 Å². The number of ether oxygens (including phenoxy) is 2. The highest BCUT2D eigenvalue weighted by atomic mass is 127. The van der Waals surface area contributed by atoms with Gasteiger partial charge in [0.1, 0.15) is 18.2 Å². The lowest BCUT2D eigenvalue weighted by Gasteiger charge is -2.13. The van der Waals surface area contributed by atoms with Crippen LogP contribution in [0.3, 0.4) is 0 Å². The number of hydrogen-bond donors (Lipinski definition) is 1. The normalized spacial score (nSPS) is 10.9. The summed E-state index contributed by atoms with van der Waals surface area (Å²) in [5, 5.41) is 12.3. The molecular weight excluding hydrogens is 515 g/mol. The van der Waals surface area contributed by atoms with E-state index in [9.17, 15) is 10.1 Å². The Balaban J connectivity index is 1.77. The highest BCUT2D eigenvalue weighted by Gasteiger charge is 2.12. The molecule has 0 saturated carbocycles. The Hall–Kier alpha value is -3.31. The molecular formula is C26H23IN2O3. The topological polar surface area (TPSA) is 71.3 Å². The zero-order valence-corrected chi connectivity index (χ0v) is 20.0. The zero-order valence-electron chi connectivity index (χ0n) is 17.9. The fraction of sp³-hybridized carbons (Fsp3) is 0.154. The summed E-state index contributed by atoms with van der Waals surface area (Å²) in [7, 11) is 0. The van der Waals surface area contributed by atoms with Gasteiger partial charge in [-0.1, -0.05) is 30.3 Å². The monoisotopic (exact) mass is 538 g/mol. The average Bonchev–Trinajstić information content (AvgIpc) is 2.78. The minimum atomic E-state index is -0.463. The van der Waals surface area contributed by atoms with Crippen LogP contribution in [0.2, 0.25) is 0 Å². The molecule has 0 aliphatic rings. The molecule has 5 nitrogen and oxygen atoms in total. The van der Waals surface area contributed by atoms with E-state index in [1.54, 1.807) is 24.3 Å². The molecule has 0 radical (unpaired) electrons. The van der Waals surface area contributed by atoms with Crippen LogP contribution in [0.1, 0.15) is 23.6 Å². The molecule has 0 aliphatic heterocycles. The van der Waals surface area contributed by atoms with Gasteiger partial charge in [-0.05, 0) is 95.6 Å². The van der Waals surface area contributed by atoms with E-state index < -0.39 is 5.91 Å². The summed E-state index contributed by atoms with van der Waals surface area (Å²) in [6.07, 6.45) is 1.54. The van der Waals surface area contributed by atoms with Gasteiger partial charge >= 0.3 is 0 Å². The van der Waals surface area contributed by atoms with Crippen LogP contribution in [0.15, 0.2) is 72.3 Å². The number of nitrogens with zero attached hydrogens (tertiary/aromatic N) is 1. The first kappa shape index (κ1) is 23.4. The Morgan fingerprint density at radius 2 is 1.84 bits per heavy atom. The van der Waals surface area contributed by atoms with Gasteiger partial charge in [0.05, 0.1) is 6.61 Å². The molecule has 0 fully saturated rings. The van der Waals surface area contributed by atoms with E-state index in [1.165, 1.54) is 6.08 Å². The Morgan fingerprint density at radius 1 is 1.06 bits per heavy atom. The van der Waals surface area contributed by atoms with Crippen LogP contribution in [0, 0.1) is 21.8 Å². The van der Waals surface area contributed by atoms with Crippen molar-refractivity contribution in [2.24, 2.45) is 0 Å². The highest BCUT2D eigenvalue weighted by molar-refractivity contribution is 14.1. The first-order valence-corrected chi connectivity index (χ1v) is 11.2. The highest BCUT2D eigenvalue weighted by Crippen LogP contribution is 2.30. The number of amides is 1. The Morgan fingerprint density at radius 3 is 2.53 bits per heavy atom. The molecule has 0 saturated heterocycles. The number of carbonyl (C=O) groups excluding carboxylic acids is 1. The lowest BCUT2D eigenvalue weighted by atomic mass is 10.1. The molecule has 0 aromatic heterocycles. The van der Waals surface area contributed by atoms with E-state index in [2.05, 4.69) is 27.9 Å². The summed E-state index contributed by atoms with van der Waals surface area (Å²) in [5.74, 6) is 0.698. The molecule has 0 atom stereocenters. The Labute approximate surface area is 201 Å². The number of halogens is 1. The number of rotatable bonds is 8. The Kier molecular flexibility index (Phi) is 8.28. The number of hydrogen-bond acceptors (Lipinski definition) is 4. The van der Waals surface area contributed by atoms with Crippen LogP contribution < -0.4 is 14.8 Å². The van der Waals surface area contributed by atoms with E-state index in [0.29, 0.717) is 36.0 Å². The number of nitrogens with one attached hydrogen (secondary N) is 1. The molecule has 0 unspecified atom stereocenters. The number of carbonyl (C=O) groups is 1. The number of aryl methyl sites for hydroxylation is 1. The van der Waals surface area contributed by atoms with Crippen molar-refractivity contribution in [3.63, 3.8) is 0 Å². The molecule has 32 heavy (non-hydrogen) atoms. The summed E-state index contributed by atoms with van der Waals surface area (Å²) in [6.45, 7) is 4.70. The quantitative estimate of drug-likeness (QED) is 0.213. The molecule has 0 spiro atoms. The van der Waals surface area contributed by atoms with E-state index in [4.69, 9.17) is 9.47 Å². The first-order valence-electron chi connectivity index (χ1n) is 10.1. The van der Waals surface area contributed by atoms with E-state index in [-0.39, 0.29) is 5.57 Å². The third-order valence-corrected chi connectivity index (χ3v) is 5.25. The zero-order chi connectivity index (χ0) is 22.9. The molecule has 0 heterocycles. The molecule has 3 aromatic carbocycles. The number of nitriles is 1. The van der Waals surface area contributed by atoms with Crippen LogP contribution in [-0.4, -0.2) is 12.5 Å². The molecule has 6 heteroatoms. The summed E-state index contributed by atoms with van der Waals surface area (Å²) in [4.78, 5) is 12.6. The summed E-state index contributed by atoms with van der Waals surface area (Å²) < 4.78 is 12.8. The van der Waals surface area contributed by atoms with Crippen molar-refractivity contribution < 1.29 is 14.3 Å². The fourth-order valence-corrected chi connectivity index (χ4v) is 3.34. The van der Waals surface area contributed by atoms with Crippen LogP contribution in [0.25, 0.3) is 6.08 Å². The molecule has 0 bridgehead atoms. The maximum Gasteiger partial charge on any atom is 0.266 e. The third-order valence-electron chi connectivity index (χ3n) is 4.53. The fourth-order valence-electron chi connectivity index (χ4n) is 2.98. The molecule has 3 rings (SSSR count). The SMILES string of the molecule is CCOc1cc(/C=C(/C#N)C(=O)Nc2cccc(C)c2)ccc1OCc1ccc(I)cc1. The minimum Gasteiger partial charge on any atom is -0.490 e. The van der Waals surface area contributed by atoms with Gasteiger partial charge in [0, 0.05) is 9.26 Å². The largest absolute Gasteiger partial charge is 0.490 e. The maximum absolute atomic E-state index is 12.6. The summed E-state index contributed by atoms with van der Waals surface area (Å²) >= 11 is 2.26. The minimum absolute atomic E-state index is 0.00140. The van der Waals surface area contributed by atoms with E-state index in [0.717, 1.165) is 14.7 Å². The molecule has 0 aliphatic carbocycles. The van der Waals surface area contributed by atoms with Crippen molar-refractivity contribution in [2.45, 2.75) is 20.5 Å². The predicted octanol–water partition coefficient (Wildman–Crippen LogP) is 6.12. The smallest absolute Gasteiger partial charge is 0.266 e. The first-order chi connectivity index (χ1) is 15.5. The van der Waals surface area contributed by atoms with Gasteiger partial charge < -0.3 is 14.8 Å². The van der Waals surface area contributed by atoms with Crippen molar-refractivity contribution in [2.75, 3.05) is 11.9 Å².